The number of rotatable bonds is 11. The smallest absolute Gasteiger partial charge is 0.329 e. The van der Waals surface area contributed by atoms with Gasteiger partial charge in [-0.05, 0) is 60.9 Å². The van der Waals surface area contributed by atoms with Gasteiger partial charge in [0.15, 0.2) is 5.75 Å². The number of benzene rings is 3. The number of sulfonamides is 1. The minimum absolute atomic E-state index is 0.0221. The molecule has 0 aliphatic rings. The summed E-state index contributed by atoms with van der Waals surface area (Å²) >= 11 is 0. The van der Waals surface area contributed by atoms with Crippen LogP contribution in [0.25, 0.3) is 10.9 Å². The van der Waals surface area contributed by atoms with Gasteiger partial charge < -0.3 is 14.5 Å². The molecule has 1 atom stereocenters. The van der Waals surface area contributed by atoms with Crippen LogP contribution >= 0.6 is 0 Å². The highest BCUT2D eigenvalue weighted by Gasteiger charge is 2.24. The van der Waals surface area contributed by atoms with E-state index in [2.05, 4.69) is 9.71 Å². The van der Waals surface area contributed by atoms with Crippen LogP contribution in [0.2, 0.25) is 0 Å². The molecule has 0 radical (unpaired) electrons. The van der Waals surface area contributed by atoms with Gasteiger partial charge in [-0.1, -0.05) is 24.3 Å². The van der Waals surface area contributed by atoms with Gasteiger partial charge in [0.2, 0.25) is 10.0 Å². The van der Waals surface area contributed by atoms with Crippen LogP contribution in [0, 0.1) is 10.1 Å². The van der Waals surface area contributed by atoms with Gasteiger partial charge in [0.25, 0.3) is 5.69 Å². The number of nitrogens with zero attached hydrogens (tertiary/aromatic N) is 1. The number of nitrogens with one attached hydrogen (secondary N) is 2. The van der Waals surface area contributed by atoms with E-state index in [9.17, 15) is 23.3 Å². The highest BCUT2D eigenvalue weighted by atomic mass is 32.2. The van der Waals surface area contributed by atoms with Crippen molar-refractivity contribution < 1.29 is 27.6 Å². The number of H-pyrrole nitrogens is 1. The van der Waals surface area contributed by atoms with Crippen molar-refractivity contribution in [3.05, 3.63) is 100 Å². The van der Waals surface area contributed by atoms with Gasteiger partial charge in [-0.2, -0.15) is 4.72 Å². The number of carbonyl (C=O) groups excluding carboxylic acids is 1. The quantitative estimate of drug-likeness (QED) is 0.130. The minimum atomic E-state index is -3.95. The molecule has 0 saturated heterocycles. The molecule has 0 bridgehead atoms. The molecule has 4 aromatic rings. The predicted molar refractivity (Wildman–Crippen MR) is 137 cm³/mol. The van der Waals surface area contributed by atoms with Crippen LogP contribution in [0.4, 0.5) is 5.69 Å². The molecule has 11 heteroatoms. The van der Waals surface area contributed by atoms with E-state index in [1.54, 1.807) is 36.5 Å². The van der Waals surface area contributed by atoms with E-state index in [1.807, 2.05) is 18.2 Å². The molecule has 1 aromatic heterocycles. The van der Waals surface area contributed by atoms with E-state index in [1.165, 1.54) is 31.2 Å². The van der Waals surface area contributed by atoms with Crippen LogP contribution in [0.1, 0.15) is 18.1 Å². The fraction of sp³-hybridized carbons (Fsp3) is 0.192. The maximum Gasteiger partial charge on any atom is 0.329 e. The number of esters is 1. The van der Waals surface area contributed by atoms with Crippen LogP contribution < -0.4 is 9.46 Å². The van der Waals surface area contributed by atoms with Crippen LogP contribution in [-0.2, 0) is 32.6 Å². The third kappa shape index (κ3) is 6.58. The van der Waals surface area contributed by atoms with Gasteiger partial charge in [-0.3, -0.25) is 10.1 Å². The van der Waals surface area contributed by atoms with E-state index < -0.39 is 27.0 Å². The monoisotopic (exact) mass is 523 g/mol. The van der Waals surface area contributed by atoms with Crippen molar-refractivity contribution in [2.24, 2.45) is 0 Å². The fourth-order valence-electron chi connectivity index (χ4n) is 3.60. The summed E-state index contributed by atoms with van der Waals surface area (Å²) in [5.74, 6) is -0.401. The largest absolute Gasteiger partial charge is 0.423 e. The number of carbonyl (C=O) groups is 1. The normalized spacial score (nSPS) is 12.4. The number of nitro benzene ring substituents is 1. The first-order valence-corrected chi connectivity index (χ1v) is 12.9. The average Bonchev–Trinajstić information content (AvgIpc) is 3.29. The van der Waals surface area contributed by atoms with Crippen LogP contribution in [-0.4, -0.2) is 36.9 Å². The van der Waals surface area contributed by atoms with Gasteiger partial charge in [-0.15, -0.1) is 0 Å². The van der Waals surface area contributed by atoms with Crippen molar-refractivity contribution in [3.8, 4) is 5.75 Å². The summed E-state index contributed by atoms with van der Waals surface area (Å²) in [4.78, 5) is 25.8. The molecule has 0 unspecified atom stereocenters. The minimum Gasteiger partial charge on any atom is -0.423 e. The van der Waals surface area contributed by atoms with E-state index in [-0.39, 0.29) is 10.6 Å². The number of hydrogen-bond acceptors (Lipinski definition) is 7. The molecule has 0 aliphatic carbocycles. The van der Waals surface area contributed by atoms with Crippen molar-refractivity contribution in [2.45, 2.75) is 30.9 Å². The second-order valence-corrected chi connectivity index (χ2v) is 10.0. The van der Waals surface area contributed by atoms with Crippen LogP contribution in [0.15, 0.2) is 83.9 Å². The van der Waals surface area contributed by atoms with Crippen molar-refractivity contribution in [2.75, 3.05) is 6.61 Å². The second kappa shape index (κ2) is 11.3. The lowest BCUT2D eigenvalue weighted by atomic mass is 10.2. The molecule has 10 nitrogen and oxygen atoms in total. The molecular formula is C26H25N3O7S. The van der Waals surface area contributed by atoms with Crippen molar-refractivity contribution in [3.63, 3.8) is 0 Å². The third-order valence-corrected chi connectivity index (χ3v) is 7.19. The molecule has 0 spiro atoms. The van der Waals surface area contributed by atoms with E-state index in [0.29, 0.717) is 25.4 Å². The van der Waals surface area contributed by atoms with Gasteiger partial charge in [0.1, 0.15) is 6.04 Å². The third-order valence-electron chi connectivity index (χ3n) is 5.63. The number of hydrogen-bond donors (Lipinski definition) is 2. The summed E-state index contributed by atoms with van der Waals surface area (Å²) in [5.41, 5.74) is 2.51. The molecule has 3 aromatic carbocycles. The molecule has 0 saturated carbocycles. The Balaban J connectivity index is 1.27. The van der Waals surface area contributed by atoms with Gasteiger partial charge in [0, 0.05) is 29.2 Å². The maximum absolute atomic E-state index is 12.8. The zero-order valence-corrected chi connectivity index (χ0v) is 20.7. The topological polar surface area (TPSA) is 141 Å². The molecule has 192 valence electrons. The number of nitro groups is 1. The highest BCUT2D eigenvalue weighted by Crippen LogP contribution is 2.25. The highest BCUT2D eigenvalue weighted by molar-refractivity contribution is 7.89. The average molecular weight is 524 g/mol. The summed E-state index contributed by atoms with van der Waals surface area (Å²) in [7, 11) is -3.95. The molecule has 0 fully saturated rings. The van der Waals surface area contributed by atoms with E-state index >= 15 is 0 Å². The summed E-state index contributed by atoms with van der Waals surface area (Å²) in [6.07, 6.45) is 2.10. The number of non-ortho nitro benzene ring substituents is 1. The van der Waals surface area contributed by atoms with Crippen LogP contribution in [0.5, 0.6) is 5.75 Å². The van der Waals surface area contributed by atoms with Crippen molar-refractivity contribution in [1.29, 1.82) is 0 Å². The first kappa shape index (κ1) is 26.0. The molecule has 0 amide bonds. The van der Waals surface area contributed by atoms with Crippen LogP contribution in [0.3, 0.4) is 0 Å². The summed E-state index contributed by atoms with van der Waals surface area (Å²) in [6.45, 7) is 2.12. The summed E-state index contributed by atoms with van der Waals surface area (Å²) in [6, 6.07) is 18.6. The number of ether oxygens (including phenoxy) is 2. The van der Waals surface area contributed by atoms with Gasteiger partial charge >= 0.3 is 5.97 Å². The van der Waals surface area contributed by atoms with Crippen molar-refractivity contribution in [1.82, 2.24) is 9.71 Å². The number of fused-ring (bicyclic) bond motifs is 1. The Hall–Kier alpha value is -4.06. The Kier molecular flexibility index (Phi) is 7.97. The molecule has 37 heavy (non-hydrogen) atoms. The lowest BCUT2D eigenvalue weighted by Crippen LogP contribution is -2.40. The van der Waals surface area contributed by atoms with E-state index in [0.717, 1.165) is 22.0 Å². The predicted octanol–water partition coefficient (Wildman–Crippen LogP) is 4.11. The Morgan fingerprint density at radius 2 is 1.70 bits per heavy atom. The standard InChI is InChI=1S/C26H25N3O7S/c1-18(26(30)36-25-16-27-24-5-3-2-4-23(24)25)28-37(33,34)22-12-8-19(9-13-22)14-15-35-17-20-6-10-21(11-7-20)29(31)32/h2-13,16,18,27-28H,14-15,17H2,1H3/t18-/m0/s1. The first-order valence-electron chi connectivity index (χ1n) is 11.4. The Morgan fingerprint density at radius 1 is 1.03 bits per heavy atom. The molecule has 1 heterocycles. The first-order chi connectivity index (χ1) is 17.7. The second-order valence-electron chi connectivity index (χ2n) is 8.33. The molecule has 2 N–H and O–H groups in total. The Bertz CT molecular complexity index is 1500. The maximum atomic E-state index is 12.8. The number of para-hydroxylation sites is 1. The summed E-state index contributed by atoms with van der Waals surface area (Å²) < 4.78 is 38.9. The number of aromatic amines is 1. The fourth-order valence-corrected chi connectivity index (χ4v) is 4.80. The molecule has 0 aliphatic heterocycles. The summed E-state index contributed by atoms with van der Waals surface area (Å²) in [5, 5.41) is 11.4. The number of aromatic nitrogens is 1. The molecule has 4 rings (SSSR count). The lowest BCUT2D eigenvalue weighted by Gasteiger charge is -2.13. The Labute approximate surface area is 213 Å². The lowest BCUT2D eigenvalue weighted by molar-refractivity contribution is -0.384. The van der Waals surface area contributed by atoms with Gasteiger partial charge in [0.05, 0.1) is 23.0 Å². The zero-order valence-electron chi connectivity index (χ0n) is 19.9. The van der Waals surface area contributed by atoms with Gasteiger partial charge in [-0.25, -0.2) is 13.2 Å². The van der Waals surface area contributed by atoms with E-state index in [4.69, 9.17) is 9.47 Å². The van der Waals surface area contributed by atoms with Crippen molar-refractivity contribution >= 4 is 32.6 Å². The SMILES string of the molecule is C[C@H](NS(=O)(=O)c1ccc(CCOCc2ccc([N+](=O)[O-])cc2)cc1)C(=O)Oc1c[nH]c2ccccc12. The molecular weight excluding hydrogens is 498 g/mol. The zero-order chi connectivity index (χ0) is 26.4. The Morgan fingerprint density at radius 3 is 2.41 bits per heavy atom.